The summed E-state index contributed by atoms with van der Waals surface area (Å²) < 4.78 is 5.43. The third-order valence-corrected chi connectivity index (χ3v) is 6.83. The van der Waals surface area contributed by atoms with Gasteiger partial charge in [0.25, 0.3) is 5.91 Å². The van der Waals surface area contributed by atoms with E-state index in [4.69, 9.17) is 10.5 Å². The number of aliphatic hydroxyl groups excluding tert-OH is 1. The maximum Gasteiger partial charge on any atom is 0.255 e. The molecule has 3 aromatic carbocycles. The normalized spacial score (nSPS) is 13.6. The van der Waals surface area contributed by atoms with Gasteiger partial charge in [-0.1, -0.05) is 24.3 Å². The minimum Gasteiger partial charge on any atom is -0.392 e. The summed E-state index contributed by atoms with van der Waals surface area (Å²) in [5.41, 5.74) is 9.34. The molecule has 1 aromatic heterocycles. The largest absolute Gasteiger partial charge is 0.392 e. The van der Waals surface area contributed by atoms with Crippen molar-refractivity contribution in [2.45, 2.75) is 26.1 Å². The van der Waals surface area contributed by atoms with Crippen LogP contribution >= 0.6 is 0 Å². The lowest BCUT2D eigenvalue weighted by molar-refractivity contribution is 0.0785. The summed E-state index contributed by atoms with van der Waals surface area (Å²) in [6.45, 7) is 6.10. The van der Waals surface area contributed by atoms with E-state index in [2.05, 4.69) is 30.5 Å². The predicted molar refractivity (Wildman–Crippen MR) is 158 cm³/mol. The number of anilines is 5. The number of nitrogens with one attached hydrogen (secondary N) is 2. The van der Waals surface area contributed by atoms with E-state index in [9.17, 15) is 15.0 Å². The summed E-state index contributed by atoms with van der Waals surface area (Å²) in [6.07, 6.45) is 0. The van der Waals surface area contributed by atoms with Crippen LogP contribution in [0.15, 0.2) is 66.7 Å². The summed E-state index contributed by atoms with van der Waals surface area (Å²) in [5, 5.41) is 26.5. The highest BCUT2D eigenvalue weighted by molar-refractivity contribution is 6.05. The highest BCUT2D eigenvalue weighted by Crippen LogP contribution is 2.30. The Balaban J connectivity index is 1.36. The Morgan fingerprint density at radius 3 is 2.37 bits per heavy atom. The van der Waals surface area contributed by atoms with Crippen LogP contribution in [-0.4, -0.2) is 57.4 Å². The third kappa shape index (κ3) is 6.60. The van der Waals surface area contributed by atoms with Crippen LogP contribution in [0.5, 0.6) is 0 Å². The summed E-state index contributed by atoms with van der Waals surface area (Å²) >= 11 is 0. The van der Waals surface area contributed by atoms with Crippen molar-refractivity contribution < 1.29 is 19.7 Å². The second kappa shape index (κ2) is 11.9. The number of morpholine rings is 1. The van der Waals surface area contributed by atoms with Gasteiger partial charge in [-0.05, 0) is 61.9 Å². The number of carbonyl (C=O) groups is 1. The second-order valence-electron chi connectivity index (χ2n) is 10.2. The number of nitrogen functional groups attached to an aromatic ring is 1. The number of ether oxygens (including phenoxy) is 1. The van der Waals surface area contributed by atoms with Crippen LogP contribution < -0.4 is 21.3 Å². The van der Waals surface area contributed by atoms with Crippen LogP contribution in [0.1, 0.15) is 35.3 Å². The Morgan fingerprint density at radius 1 is 1.00 bits per heavy atom. The molecule has 1 saturated heterocycles. The molecule has 0 bridgehead atoms. The Kier molecular flexibility index (Phi) is 8.11. The SMILES string of the molecule is CC(C)(O)c1ccc(C(=O)Nc2cccc(-c3nc(N)nc(Nc4ccc(N5CCOCC5)cc4)n3)c2CO)cc1. The number of carbonyl (C=O) groups excluding carboxylic acids is 1. The van der Waals surface area contributed by atoms with E-state index in [1.807, 2.05) is 24.3 Å². The van der Waals surface area contributed by atoms with Crippen molar-refractivity contribution >= 4 is 34.9 Å². The molecule has 11 heteroatoms. The van der Waals surface area contributed by atoms with Gasteiger partial charge in [-0.3, -0.25) is 4.79 Å². The number of amides is 1. The van der Waals surface area contributed by atoms with Gasteiger partial charge in [-0.25, -0.2) is 0 Å². The topological polar surface area (TPSA) is 159 Å². The lowest BCUT2D eigenvalue weighted by atomic mass is 9.97. The first-order valence-corrected chi connectivity index (χ1v) is 13.3. The molecule has 6 N–H and O–H groups in total. The highest BCUT2D eigenvalue weighted by Gasteiger charge is 2.19. The Hall–Kier alpha value is -4.58. The molecule has 212 valence electrons. The fraction of sp³-hybridized carbons (Fsp3) is 0.267. The summed E-state index contributed by atoms with van der Waals surface area (Å²) in [7, 11) is 0. The van der Waals surface area contributed by atoms with E-state index in [1.54, 1.807) is 56.3 Å². The third-order valence-electron chi connectivity index (χ3n) is 6.83. The Labute approximate surface area is 238 Å². The second-order valence-corrected chi connectivity index (χ2v) is 10.2. The van der Waals surface area contributed by atoms with Gasteiger partial charge in [-0.2, -0.15) is 15.0 Å². The summed E-state index contributed by atoms with van der Waals surface area (Å²) in [5.74, 6) is 0.140. The fourth-order valence-corrected chi connectivity index (χ4v) is 4.58. The molecule has 0 saturated carbocycles. The molecule has 0 unspecified atom stereocenters. The van der Waals surface area contributed by atoms with E-state index in [1.165, 1.54) is 0 Å². The van der Waals surface area contributed by atoms with E-state index in [-0.39, 0.29) is 30.2 Å². The van der Waals surface area contributed by atoms with Gasteiger partial charge in [0.15, 0.2) is 5.82 Å². The minimum absolute atomic E-state index is 0.00709. The molecule has 0 aliphatic carbocycles. The van der Waals surface area contributed by atoms with Gasteiger partial charge >= 0.3 is 0 Å². The first-order chi connectivity index (χ1) is 19.7. The number of aliphatic hydroxyl groups is 2. The zero-order valence-corrected chi connectivity index (χ0v) is 23.0. The molecular formula is C30H33N7O4. The van der Waals surface area contributed by atoms with Gasteiger partial charge in [0, 0.05) is 46.8 Å². The van der Waals surface area contributed by atoms with Crippen molar-refractivity contribution in [1.82, 2.24) is 15.0 Å². The van der Waals surface area contributed by atoms with Crippen molar-refractivity contribution in [3.8, 4) is 11.4 Å². The van der Waals surface area contributed by atoms with Crippen molar-refractivity contribution in [2.75, 3.05) is 47.6 Å². The molecule has 0 radical (unpaired) electrons. The molecular weight excluding hydrogens is 522 g/mol. The first kappa shape index (κ1) is 28.0. The Morgan fingerprint density at radius 2 is 1.71 bits per heavy atom. The molecule has 41 heavy (non-hydrogen) atoms. The minimum atomic E-state index is -1.01. The molecule has 0 spiro atoms. The quantitative estimate of drug-likeness (QED) is 0.217. The zero-order valence-electron chi connectivity index (χ0n) is 23.0. The number of hydrogen-bond donors (Lipinski definition) is 5. The fourth-order valence-electron chi connectivity index (χ4n) is 4.58. The lowest BCUT2D eigenvalue weighted by Gasteiger charge is -2.28. The molecule has 4 aromatic rings. The molecule has 1 aliphatic rings. The molecule has 1 amide bonds. The van der Waals surface area contributed by atoms with Gasteiger partial charge in [0.1, 0.15) is 0 Å². The van der Waals surface area contributed by atoms with E-state index >= 15 is 0 Å². The molecule has 0 atom stereocenters. The highest BCUT2D eigenvalue weighted by atomic mass is 16.5. The first-order valence-electron chi connectivity index (χ1n) is 13.3. The number of nitrogens with zero attached hydrogens (tertiary/aromatic N) is 4. The van der Waals surface area contributed by atoms with E-state index in [0.717, 1.165) is 24.5 Å². The van der Waals surface area contributed by atoms with Crippen molar-refractivity contribution in [3.05, 3.63) is 83.4 Å². The average molecular weight is 556 g/mol. The smallest absolute Gasteiger partial charge is 0.255 e. The molecule has 11 nitrogen and oxygen atoms in total. The van der Waals surface area contributed by atoms with Crippen molar-refractivity contribution in [1.29, 1.82) is 0 Å². The number of hydrogen-bond acceptors (Lipinski definition) is 10. The molecule has 5 rings (SSSR count). The predicted octanol–water partition coefficient (Wildman–Crippen LogP) is 3.67. The molecule has 1 fully saturated rings. The van der Waals surface area contributed by atoms with Crippen molar-refractivity contribution in [2.24, 2.45) is 0 Å². The van der Waals surface area contributed by atoms with Gasteiger partial charge < -0.3 is 36.2 Å². The van der Waals surface area contributed by atoms with Gasteiger partial charge in [0.05, 0.1) is 25.4 Å². The summed E-state index contributed by atoms with van der Waals surface area (Å²) in [4.78, 5) is 28.3. The van der Waals surface area contributed by atoms with Crippen LogP contribution in [-0.2, 0) is 16.9 Å². The molecule has 1 aliphatic heterocycles. The zero-order chi connectivity index (χ0) is 29.0. The number of aromatic nitrogens is 3. The summed E-state index contributed by atoms with van der Waals surface area (Å²) in [6, 6.07) is 19.8. The van der Waals surface area contributed by atoms with Crippen LogP contribution in [0.2, 0.25) is 0 Å². The standard InChI is InChI=1S/C30H33N7O4/c1-30(2,40)20-8-6-19(7-9-20)27(39)33-25-5-3-4-23(24(25)18-38)26-34-28(31)36-29(35-26)32-21-10-12-22(13-11-21)37-14-16-41-17-15-37/h3-13,38,40H,14-18H2,1-2H3,(H,33,39)(H3,31,32,34,35,36). The number of nitrogens with two attached hydrogens (primary N) is 1. The molecule has 2 heterocycles. The maximum atomic E-state index is 13.0. The van der Waals surface area contributed by atoms with Crippen LogP contribution in [0.25, 0.3) is 11.4 Å². The number of benzene rings is 3. The lowest BCUT2D eigenvalue weighted by Crippen LogP contribution is -2.36. The maximum absolute atomic E-state index is 13.0. The van der Waals surface area contributed by atoms with Crippen LogP contribution in [0.4, 0.5) is 29.0 Å². The van der Waals surface area contributed by atoms with Crippen LogP contribution in [0, 0.1) is 0 Å². The van der Waals surface area contributed by atoms with E-state index < -0.39 is 5.60 Å². The monoisotopic (exact) mass is 555 g/mol. The Bertz CT molecular complexity index is 1510. The number of rotatable bonds is 8. The van der Waals surface area contributed by atoms with Gasteiger partial charge in [0.2, 0.25) is 11.9 Å². The van der Waals surface area contributed by atoms with Crippen LogP contribution in [0.3, 0.4) is 0 Å². The van der Waals surface area contributed by atoms with Crippen molar-refractivity contribution in [3.63, 3.8) is 0 Å². The van der Waals surface area contributed by atoms with E-state index in [0.29, 0.717) is 41.2 Å². The van der Waals surface area contributed by atoms with Gasteiger partial charge in [-0.15, -0.1) is 0 Å². The average Bonchev–Trinajstić information content (AvgIpc) is 2.97.